The van der Waals surface area contributed by atoms with Gasteiger partial charge in [0.15, 0.2) is 0 Å². The number of primary amides is 1. The number of aliphatic hydroxyl groups is 1. The molecule has 53 heavy (non-hydrogen) atoms. The number of hydrogen-bond acceptors (Lipinski definition) is 10. The summed E-state index contributed by atoms with van der Waals surface area (Å²) in [6, 6.07) is -1.63. The third-order valence-electron chi connectivity index (χ3n) is 8.10. The second-order valence-electron chi connectivity index (χ2n) is 13.2. The molecule has 0 bridgehead atoms. The minimum atomic E-state index is -1.56. The molecule has 0 saturated heterocycles. The first-order valence-corrected chi connectivity index (χ1v) is 17.1. The first-order chi connectivity index (χ1) is 24.8. The number of fused-ring (bicyclic) bond motifs is 1. The van der Waals surface area contributed by atoms with Gasteiger partial charge in [-0.2, -0.15) is 0 Å². The fourth-order valence-electron chi connectivity index (χ4n) is 5.10. The smallest absolute Gasteiger partial charge is 0.326 e. The Bertz CT molecular complexity index is 1640. The highest BCUT2D eigenvalue weighted by molar-refractivity contribution is 5.97. The number of aromatic nitrogens is 1. The van der Waals surface area contributed by atoms with Crippen LogP contribution >= 0.6 is 0 Å². The highest BCUT2D eigenvalue weighted by Crippen LogP contribution is 2.19. The van der Waals surface area contributed by atoms with Gasteiger partial charge in [-0.05, 0) is 51.2 Å². The molecule has 1 aromatic heterocycles. The number of carbonyl (C=O) groups excluding carboxylic acids is 7. The molecule has 19 nitrogen and oxygen atoms in total. The van der Waals surface area contributed by atoms with Gasteiger partial charge in [0.05, 0.1) is 12.6 Å². The maximum absolute atomic E-state index is 13.3. The Morgan fingerprint density at radius 2 is 1.21 bits per heavy atom. The molecule has 292 valence electrons. The predicted octanol–water partition coefficient (Wildman–Crippen LogP) is -2.61. The summed E-state index contributed by atoms with van der Waals surface area (Å²) in [4.78, 5) is 104. The Hall–Kier alpha value is -5.56. The molecular formula is C34H51N9O10. The molecule has 13 N–H and O–H groups in total. The highest BCUT2D eigenvalue weighted by atomic mass is 16.4. The number of para-hydroxylation sites is 1. The molecule has 1 aromatic carbocycles. The van der Waals surface area contributed by atoms with Gasteiger partial charge in [0.1, 0.15) is 36.3 Å². The van der Waals surface area contributed by atoms with Crippen molar-refractivity contribution in [1.29, 1.82) is 0 Å². The average Bonchev–Trinajstić information content (AvgIpc) is 3.49. The number of aliphatic hydroxyl groups excluding tert-OH is 1. The van der Waals surface area contributed by atoms with Crippen molar-refractivity contribution in [2.75, 3.05) is 6.61 Å². The molecule has 2 rings (SSSR count). The van der Waals surface area contributed by atoms with E-state index < -0.39 is 96.2 Å². The summed E-state index contributed by atoms with van der Waals surface area (Å²) in [5.74, 6) is -7.08. The number of hydrogen-bond donors (Lipinski definition) is 11. The van der Waals surface area contributed by atoms with E-state index in [0.717, 1.165) is 10.9 Å². The molecule has 7 atom stereocenters. The molecule has 0 saturated carbocycles. The molecule has 0 aliphatic carbocycles. The van der Waals surface area contributed by atoms with E-state index in [2.05, 4.69) is 36.9 Å². The van der Waals surface area contributed by atoms with Crippen LogP contribution in [0.1, 0.15) is 59.4 Å². The number of rotatable bonds is 21. The van der Waals surface area contributed by atoms with Crippen LogP contribution in [0.5, 0.6) is 0 Å². The van der Waals surface area contributed by atoms with Crippen LogP contribution in [0.2, 0.25) is 0 Å². The zero-order valence-electron chi connectivity index (χ0n) is 30.4. The van der Waals surface area contributed by atoms with Crippen LogP contribution in [-0.2, 0) is 44.8 Å². The van der Waals surface area contributed by atoms with Gasteiger partial charge >= 0.3 is 5.97 Å². The van der Waals surface area contributed by atoms with Gasteiger partial charge < -0.3 is 58.6 Å². The maximum atomic E-state index is 13.3. The van der Waals surface area contributed by atoms with Gasteiger partial charge in [-0.1, -0.05) is 32.0 Å². The van der Waals surface area contributed by atoms with Crippen LogP contribution in [0.3, 0.4) is 0 Å². The van der Waals surface area contributed by atoms with E-state index in [1.807, 2.05) is 12.1 Å². The number of carboxylic acids is 1. The fourth-order valence-corrected chi connectivity index (χ4v) is 5.10. The van der Waals surface area contributed by atoms with E-state index in [1.54, 1.807) is 32.2 Å². The van der Waals surface area contributed by atoms with E-state index >= 15 is 0 Å². The number of carbonyl (C=O) groups is 8. The van der Waals surface area contributed by atoms with Crippen molar-refractivity contribution in [2.45, 2.75) is 103 Å². The molecule has 0 aliphatic heterocycles. The average molecular weight is 746 g/mol. The Morgan fingerprint density at radius 1 is 0.698 bits per heavy atom. The predicted molar refractivity (Wildman–Crippen MR) is 191 cm³/mol. The lowest BCUT2D eigenvalue weighted by molar-refractivity contribution is -0.142. The van der Waals surface area contributed by atoms with Gasteiger partial charge in [0, 0.05) is 29.9 Å². The van der Waals surface area contributed by atoms with Crippen LogP contribution in [0, 0.1) is 5.92 Å². The SMILES string of the molecule is CC(C)C[C@H](NC(=O)[C@H](C)NC(=O)[C@H](C)NC(=O)[C@H](CCC(N)=O)NC(=O)[C@H](C)N)C(=O)N[C@@H](CO)C(=O)N[C@@H](Cc1c[nH]c2ccccc12)C(=O)O. The van der Waals surface area contributed by atoms with E-state index in [0.29, 0.717) is 5.56 Å². The zero-order chi connectivity index (χ0) is 40.0. The fraction of sp³-hybridized carbons (Fsp3) is 0.529. The normalized spacial score (nSPS) is 15.1. The van der Waals surface area contributed by atoms with Crippen molar-refractivity contribution in [1.82, 2.24) is 36.9 Å². The van der Waals surface area contributed by atoms with Gasteiger partial charge in [-0.15, -0.1) is 0 Å². The molecule has 0 aliphatic rings. The largest absolute Gasteiger partial charge is 0.480 e. The standard InChI is InChI=1S/C34H51N9O10/c1-16(2)12-24(32(50)43-26(15-44)33(51)42-25(34(52)53)13-20-14-37-22-9-7-6-8-21(20)22)41-30(48)19(5)38-29(47)18(4)39-31(49)23(10-11-27(36)45)40-28(46)17(3)35/h6-9,14,16-19,23-26,37,44H,10-13,15,35H2,1-5H3,(H2,36,45)(H,38,47)(H,39,49)(H,40,46)(H,41,48)(H,42,51)(H,43,50)(H,52,53)/t17-,18-,19-,23-,24-,25-,26-/m0/s1. The molecule has 0 radical (unpaired) electrons. The number of benzene rings is 1. The van der Waals surface area contributed by atoms with E-state index in [9.17, 15) is 48.6 Å². The molecule has 0 spiro atoms. The number of carboxylic acid groups (broad SMARTS) is 1. The number of aliphatic carboxylic acids is 1. The van der Waals surface area contributed by atoms with E-state index in [1.165, 1.54) is 20.8 Å². The van der Waals surface area contributed by atoms with Crippen molar-refractivity contribution in [2.24, 2.45) is 17.4 Å². The summed E-state index contributed by atoms with van der Waals surface area (Å²) < 4.78 is 0. The van der Waals surface area contributed by atoms with Gasteiger partial charge in [-0.3, -0.25) is 33.6 Å². The van der Waals surface area contributed by atoms with Gasteiger partial charge in [0.25, 0.3) is 0 Å². The topological polar surface area (TPSA) is 317 Å². The molecule has 0 fully saturated rings. The molecule has 0 unspecified atom stereocenters. The first kappa shape index (κ1) is 43.6. The van der Waals surface area contributed by atoms with Crippen LogP contribution in [-0.4, -0.2) is 111 Å². The highest BCUT2D eigenvalue weighted by Gasteiger charge is 2.32. The van der Waals surface area contributed by atoms with Crippen molar-refractivity contribution in [3.63, 3.8) is 0 Å². The van der Waals surface area contributed by atoms with Crippen molar-refractivity contribution in [3.8, 4) is 0 Å². The van der Waals surface area contributed by atoms with Crippen LogP contribution in [0.25, 0.3) is 10.9 Å². The van der Waals surface area contributed by atoms with Crippen molar-refractivity contribution < 1.29 is 48.6 Å². The Morgan fingerprint density at radius 3 is 1.77 bits per heavy atom. The number of nitrogens with one attached hydrogen (secondary N) is 7. The van der Waals surface area contributed by atoms with Gasteiger partial charge in [0.2, 0.25) is 41.4 Å². The van der Waals surface area contributed by atoms with Crippen LogP contribution in [0.4, 0.5) is 0 Å². The molecule has 2 aromatic rings. The zero-order valence-corrected chi connectivity index (χ0v) is 30.4. The quantitative estimate of drug-likeness (QED) is 0.0629. The summed E-state index contributed by atoms with van der Waals surface area (Å²) in [5.41, 5.74) is 12.1. The number of H-pyrrole nitrogens is 1. The van der Waals surface area contributed by atoms with Gasteiger partial charge in [-0.25, -0.2) is 4.79 Å². The Kier molecular flexibility index (Phi) is 16.8. The lowest BCUT2D eigenvalue weighted by Gasteiger charge is -2.26. The van der Waals surface area contributed by atoms with Crippen molar-refractivity contribution >= 4 is 58.2 Å². The monoisotopic (exact) mass is 745 g/mol. The lowest BCUT2D eigenvalue weighted by Crippen LogP contribution is -2.59. The minimum absolute atomic E-state index is 0.0859. The number of aromatic amines is 1. The molecule has 1 heterocycles. The van der Waals surface area contributed by atoms with Crippen LogP contribution < -0.4 is 43.4 Å². The third-order valence-corrected chi connectivity index (χ3v) is 8.10. The van der Waals surface area contributed by atoms with E-state index in [-0.39, 0.29) is 31.6 Å². The Labute approximate surface area is 306 Å². The third kappa shape index (κ3) is 13.8. The molecular weight excluding hydrogens is 694 g/mol. The summed E-state index contributed by atoms with van der Waals surface area (Å²) >= 11 is 0. The Balaban J connectivity index is 2.04. The summed E-state index contributed by atoms with van der Waals surface area (Å²) in [6.07, 6.45) is 1.24. The summed E-state index contributed by atoms with van der Waals surface area (Å²) in [5, 5.41) is 35.0. The van der Waals surface area contributed by atoms with Crippen LogP contribution in [0.15, 0.2) is 30.5 Å². The summed E-state index contributed by atoms with van der Waals surface area (Å²) in [7, 11) is 0. The molecule has 7 amide bonds. The minimum Gasteiger partial charge on any atom is -0.480 e. The van der Waals surface area contributed by atoms with Crippen molar-refractivity contribution in [3.05, 3.63) is 36.0 Å². The molecule has 19 heteroatoms. The number of nitrogens with two attached hydrogens (primary N) is 2. The lowest BCUT2D eigenvalue weighted by atomic mass is 10.0. The van der Waals surface area contributed by atoms with E-state index in [4.69, 9.17) is 11.5 Å². The summed E-state index contributed by atoms with van der Waals surface area (Å²) in [6.45, 7) is 6.70. The maximum Gasteiger partial charge on any atom is 0.326 e. The second-order valence-corrected chi connectivity index (χ2v) is 13.2. The first-order valence-electron chi connectivity index (χ1n) is 17.1. The second kappa shape index (κ2) is 20.5. The number of amides is 7.